The number of imidazole rings is 1. The minimum Gasteiger partial charge on any atom is -0.498 e. The van der Waals surface area contributed by atoms with Gasteiger partial charge in [-0.1, -0.05) is 6.92 Å². The molecule has 2 aromatic heterocycles. The molecule has 0 spiro atoms. The summed E-state index contributed by atoms with van der Waals surface area (Å²) in [7, 11) is 0. The van der Waals surface area contributed by atoms with Crippen LogP contribution in [0.2, 0.25) is 0 Å². The summed E-state index contributed by atoms with van der Waals surface area (Å²) in [5, 5.41) is 0. The van der Waals surface area contributed by atoms with Gasteiger partial charge < -0.3 is 9.72 Å². The van der Waals surface area contributed by atoms with Crippen LogP contribution in [0.25, 0.3) is 17.2 Å². The second kappa shape index (κ2) is 3.59. The van der Waals surface area contributed by atoms with Crippen LogP contribution in [0.5, 0.6) is 0 Å². The minimum absolute atomic E-state index is 0.588. The lowest BCUT2D eigenvalue weighted by molar-refractivity contribution is 0.248. The van der Waals surface area contributed by atoms with E-state index in [1.165, 1.54) is 6.33 Å². The van der Waals surface area contributed by atoms with Crippen LogP contribution in [0.1, 0.15) is 19.0 Å². The molecule has 82 valence electrons. The van der Waals surface area contributed by atoms with E-state index in [2.05, 4.69) is 26.9 Å². The fourth-order valence-electron chi connectivity index (χ4n) is 1.86. The Morgan fingerprint density at radius 1 is 1.44 bits per heavy atom. The summed E-state index contributed by atoms with van der Waals surface area (Å²) in [5.41, 5.74) is 2.39. The Balaban J connectivity index is 2.03. The van der Waals surface area contributed by atoms with Crippen molar-refractivity contribution < 1.29 is 4.74 Å². The van der Waals surface area contributed by atoms with Crippen molar-refractivity contribution in [2.45, 2.75) is 13.3 Å². The molecule has 0 unspecified atom stereocenters. The summed E-state index contributed by atoms with van der Waals surface area (Å²) in [6.45, 7) is 2.97. The van der Waals surface area contributed by atoms with Crippen molar-refractivity contribution in [3.8, 4) is 0 Å². The first kappa shape index (κ1) is 9.33. The van der Waals surface area contributed by atoms with Gasteiger partial charge in [-0.25, -0.2) is 15.0 Å². The molecular weight excluding hydrogens is 204 g/mol. The Hall–Kier alpha value is -1.91. The quantitative estimate of drug-likeness (QED) is 0.788. The first-order chi connectivity index (χ1) is 7.83. The van der Waals surface area contributed by atoms with E-state index in [1.54, 1.807) is 6.33 Å². The molecule has 0 amide bonds. The number of nitrogens with one attached hydrogen (secondary N) is 1. The molecule has 3 rings (SSSR count). The number of hydrogen-bond acceptors (Lipinski definition) is 4. The standard InChI is InChI=1S/C11H12N4O/c1-7-2-8(16-4-7)3-9-10-11(14-5-12-9)15-6-13-10/h3,5-7H,2,4H2,1H3,(H,12,13,14,15)/b8-3+/t7-/m1/s1. The molecule has 0 radical (unpaired) electrons. The van der Waals surface area contributed by atoms with E-state index in [-0.39, 0.29) is 0 Å². The Bertz CT molecular complexity index is 546. The summed E-state index contributed by atoms with van der Waals surface area (Å²) in [4.78, 5) is 15.4. The molecule has 5 nitrogen and oxygen atoms in total. The molecule has 0 bridgehead atoms. The number of aromatic nitrogens is 4. The maximum atomic E-state index is 5.56. The third-order valence-electron chi connectivity index (χ3n) is 2.65. The van der Waals surface area contributed by atoms with Gasteiger partial charge in [-0.2, -0.15) is 0 Å². The molecule has 2 aromatic rings. The number of nitrogens with zero attached hydrogens (tertiary/aromatic N) is 3. The van der Waals surface area contributed by atoms with E-state index in [1.807, 2.05) is 6.08 Å². The molecule has 1 aliphatic heterocycles. The Kier molecular flexibility index (Phi) is 2.09. The summed E-state index contributed by atoms with van der Waals surface area (Å²) in [6.07, 6.45) is 6.08. The molecular formula is C11H12N4O. The highest BCUT2D eigenvalue weighted by atomic mass is 16.5. The zero-order valence-corrected chi connectivity index (χ0v) is 8.97. The Labute approximate surface area is 92.6 Å². The van der Waals surface area contributed by atoms with Gasteiger partial charge in [0.05, 0.1) is 24.4 Å². The van der Waals surface area contributed by atoms with Crippen LogP contribution in [0, 0.1) is 5.92 Å². The fraction of sp³-hybridized carbons (Fsp3) is 0.364. The molecule has 1 fully saturated rings. The van der Waals surface area contributed by atoms with Crippen molar-refractivity contribution >= 4 is 17.2 Å². The van der Waals surface area contributed by atoms with Gasteiger partial charge in [-0.3, -0.25) is 0 Å². The summed E-state index contributed by atoms with van der Waals surface area (Å²) >= 11 is 0. The number of aromatic amines is 1. The van der Waals surface area contributed by atoms with Gasteiger partial charge in [0.25, 0.3) is 0 Å². The summed E-state index contributed by atoms with van der Waals surface area (Å²) < 4.78 is 5.56. The van der Waals surface area contributed by atoms with Gasteiger partial charge in [0.2, 0.25) is 0 Å². The van der Waals surface area contributed by atoms with Crippen LogP contribution in [-0.4, -0.2) is 26.5 Å². The lowest BCUT2D eigenvalue weighted by Gasteiger charge is -1.98. The first-order valence-corrected chi connectivity index (χ1v) is 5.30. The maximum absolute atomic E-state index is 5.56. The lowest BCUT2D eigenvalue weighted by Crippen LogP contribution is -1.88. The van der Waals surface area contributed by atoms with Crippen LogP contribution in [0.15, 0.2) is 18.4 Å². The number of ether oxygens (including phenoxy) is 1. The zero-order chi connectivity index (χ0) is 11.0. The molecule has 1 atom stereocenters. The Morgan fingerprint density at radius 3 is 3.19 bits per heavy atom. The molecule has 1 aliphatic rings. The highest BCUT2D eigenvalue weighted by Crippen LogP contribution is 2.24. The van der Waals surface area contributed by atoms with E-state index in [9.17, 15) is 0 Å². The second-order valence-corrected chi connectivity index (χ2v) is 4.09. The molecule has 1 saturated heterocycles. The van der Waals surface area contributed by atoms with Crippen molar-refractivity contribution in [2.75, 3.05) is 6.61 Å². The van der Waals surface area contributed by atoms with E-state index >= 15 is 0 Å². The van der Waals surface area contributed by atoms with E-state index in [4.69, 9.17) is 4.74 Å². The number of fused-ring (bicyclic) bond motifs is 1. The molecule has 0 saturated carbocycles. The summed E-state index contributed by atoms with van der Waals surface area (Å²) in [5.74, 6) is 1.58. The fourth-order valence-corrected chi connectivity index (χ4v) is 1.86. The average Bonchev–Trinajstić information content (AvgIpc) is 2.87. The average molecular weight is 216 g/mol. The lowest BCUT2D eigenvalue weighted by atomic mass is 10.1. The van der Waals surface area contributed by atoms with Gasteiger partial charge in [0.15, 0.2) is 5.65 Å². The topological polar surface area (TPSA) is 63.7 Å². The third-order valence-corrected chi connectivity index (χ3v) is 2.65. The zero-order valence-electron chi connectivity index (χ0n) is 8.97. The van der Waals surface area contributed by atoms with Crippen LogP contribution in [0.4, 0.5) is 0 Å². The van der Waals surface area contributed by atoms with Crippen molar-refractivity contribution in [2.24, 2.45) is 5.92 Å². The second-order valence-electron chi connectivity index (χ2n) is 4.09. The van der Waals surface area contributed by atoms with E-state index in [0.29, 0.717) is 11.6 Å². The molecule has 5 heteroatoms. The first-order valence-electron chi connectivity index (χ1n) is 5.30. The maximum Gasteiger partial charge on any atom is 0.181 e. The smallest absolute Gasteiger partial charge is 0.181 e. The predicted molar refractivity (Wildman–Crippen MR) is 59.4 cm³/mol. The minimum atomic E-state index is 0.588. The van der Waals surface area contributed by atoms with Crippen molar-refractivity contribution in [1.29, 1.82) is 0 Å². The number of H-pyrrole nitrogens is 1. The number of rotatable bonds is 1. The monoisotopic (exact) mass is 216 g/mol. The largest absolute Gasteiger partial charge is 0.498 e. The van der Waals surface area contributed by atoms with Crippen LogP contribution in [-0.2, 0) is 4.74 Å². The molecule has 0 aromatic carbocycles. The number of hydrogen-bond donors (Lipinski definition) is 1. The van der Waals surface area contributed by atoms with Gasteiger partial charge in [0.1, 0.15) is 11.8 Å². The van der Waals surface area contributed by atoms with Crippen molar-refractivity contribution in [1.82, 2.24) is 19.9 Å². The van der Waals surface area contributed by atoms with E-state index < -0.39 is 0 Å². The molecule has 1 N–H and O–H groups in total. The molecule has 3 heterocycles. The predicted octanol–water partition coefficient (Wildman–Crippen LogP) is 1.75. The van der Waals surface area contributed by atoms with Crippen molar-refractivity contribution in [3.63, 3.8) is 0 Å². The summed E-state index contributed by atoms with van der Waals surface area (Å²) in [6, 6.07) is 0. The molecule has 0 aliphatic carbocycles. The highest BCUT2D eigenvalue weighted by Gasteiger charge is 2.16. The van der Waals surface area contributed by atoms with Crippen molar-refractivity contribution in [3.05, 3.63) is 24.1 Å². The Morgan fingerprint density at radius 2 is 2.38 bits per heavy atom. The normalized spacial score (nSPS) is 22.8. The molecule has 16 heavy (non-hydrogen) atoms. The van der Waals surface area contributed by atoms with Crippen LogP contribution in [0.3, 0.4) is 0 Å². The SMILES string of the molecule is C[C@H]1CO/C(=C/c2ncnc3nc[nH]c23)C1. The third kappa shape index (κ3) is 1.54. The highest BCUT2D eigenvalue weighted by molar-refractivity contribution is 5.79. The van der Waals surface area contributed by atoms with Gasteiger partial charge >= 0.3 is 0 Å². The van der Waals surface area contributed by atoms with Gasteiger partial charge in [-0.05, 0) is 5.92 Å². The van der Waals surface area contributed by atoms with E-state index in [0.717, 1.165) is 30.0 Å². The van der Waals surface area contributed by atoms with Crippen LogP contribution >= 0.6 is 0 Å². The van der Waals surface area contributed by atoms with Gasteiger partial charge in [-0.15, -0.1) is 0 Å². The van der Waals surface area contributed by atoms with Crippen LogP contribution < -0.4 is 0 Å². The van der Waals surface area contributed by atoms with Gasteiger partial charge in [0, 0.05) is 12.5 Å². The number of allylic oxidation sites excluding steroid dienone is 1.